The van der Waals surface area contributed by atoms with Crippen LogP contribution in [0.15, 0.2) is 55.2 Å². The van der Waals surface area contributed by atoms with E-state index < -0.39 is 0 Å². The lowest BCUT2D eigenvalue weighted by Crippen LogP contribution is -2.17. The van der Waals surface area contributed by atoms with Crippen LogP contribution in [0.5, 0.6) is 5.75 Å². The van der Waals surface area contributed by atoms with Crippen LogP contribution in [0.4, 0.5) is 0 Å². The molecule has 0 N–H and O–H groups in total. The van der Waals surface area contributed by atoms with Crippen LogP contribution in [0, 0.1) is 6.92 Å². The zero-order valence-electron chi connectivity index (χ0n) is 15.8. The summed E-state index contributed by atoms with van der Waals surface area (Å²) in [5, 5.41) is 0. The van der Waals surface area contributed by atoms with Gasteiger partial charge < -0.3 is 14.4 Å². The fourth-order valence-electron chi connectivity index (χ4n) is 2.85. The third-order valence-corrected chi connectivity index (χ3v) is 4.51. The van der Waals surface area contributed by atoms with Crippen LogP contribution in [-0.2, 0) is 11.2 Å². The largest absolute Gasteiger partial charge is 0.496 e. The van der Waals surface area contributed by atoms with Crippen LogP contribution in [0.25, 0.3) is 0 Å². The lowest BCUT2D eigenvalue weighted by molar-refractivity contribution is 0.0696. The van der Waals surface area contributed by atoms with Gasteiger partial charge in [-0.15, -0.1) is 0 Å². The Balaban J connectivity index is 0.000000326. The SMILES string of the molecule is C=CN(C)CC.COc1cc2c(cc1C)CCOC2c1ccccc1. The molecule has 2 aromatic rings. The average Bonchev–Trinajstić information content (AvgIpc) is 2.67. The minimum Gasteiger partial charge on any atom is -0.496 e. The second kappa shape index (κ2) is 9.28. The molecule has 0 aliphatic carbocycles. The molecule has 0 radical (unpaired) electrons. The number of rotatable bonds is 4. The summed E-state index contributed by atoms with van der Waals surface area (Å²) in [6.45, 7) is 9.55. The molecule has 1 heterocycles. The minimum atomic E-state index is 0.0273. The van der Waals surface area contributed by atoms with Gasteiger partial charge in [0.25, 0.3) is 0 Å². The van der Waals surface area contributed by atoms with Crippen LogP contribution in [0.2, 0.25) is 0 Å². The van der Waals surface area contributed by atoms with E-state index in [9.17, 15) is 0 Å². The maximum Gasteiger partial charge on any atom is 0.122 e. The maximum atomic E-state index is 5.97. The van der Waals surface area contributed by atoms with Crippen LogP contribution < -0.4 is 4.74 Å². The summed E-state index contributed by atoms with van der Waals surface area (Å²) in [6, 6.07) is 14.7. The van der Waals surface area contributed by atoms with Gasteiger partial charge in [-0.25, -0.2) is 0 Å². The fraction of sp³-hybridized carbons (Fsp3) is 0.364. The van der Waals surface area contributed by atoms with Gasteiger partial charge in [-0.05, 0) is 54.8 Å². The Morgan fingerprint density at radius 2 is 2.00 bits per heavy atom. The molecule has 1 unspecified atom stereocenters. The summed E-state index contributed by atoms with van der Waals surface area (Å²) in [5.74, 6) is 0.935. The molecule has 1 aliphatic heterocycles. The van der Waals surface area contributed by atoms with E-state index in [-0.39, 0.29) is 6.10 Å². The third-order valence-electron chi connectivity index (χ3n) is 4.51. The van der Waals surface area contributed by atoms with E-state index in [2.05, 4.69) is 56.8 Å². The van der Waals surface area contributed by atoms with Gasteiger partial charge in [0.15, 0.2) is 0 Å². The predicted molar refractivity (Wildman–Crippen MR) is 104 cm³/mol. The molecule has 0 amide bonds. The Labute approximate surface area is 151 Å². The van der Waals surface area contributed by atoms with Crippen molar-refractivity contribution in [3.05, 3.63) is 77.5 Å². The molecule has 2 aromatic carbocycles. The number of fused-ring (bicyclic) bond motifs is 1. The van der Waals surface area contributed by atoms with Crippen molar-refractivity contribution in [3.8, 4) is 5.75 Å². The highest BCUT2D eigenvalue weighted by Gasteiger charge is 2.23. The Bertz CT molecular complexity index is 682. The number of aryl methyl sites for hydroxylation is 1. The number of nitrogens with zero attached hydrogens (tertiary/aromatic N) is 1. The topological polar surface area (TPSA) is 21.7 Å². The van der Waals surface area contributed by atoms with Crippen molar-refractivity contribution >= 4 is 0 Å². The summed E-state index contributed by atoms with van der Waals surface area (Å²) in [7, 11) is 3.71. The van der Waals surface area contributed by atoms with Crippen molar-refractivity contribution in [2.75, 3.05) is 27.3 Å². The van der Waals surface area contributed by atoms with E-state index in [1.807, 2.05) is 18.0 Å². The van der Waals surface area contributed by atoms with E-state index in [0.717, 1.165) is 25.3 Å². The molecule has 3 heteroatoms. The highest BCUT2D eigenvalue weighted by atomic mass is 16.5. The first-order valence-electron chi connectivity index (χ1n) is 8.77. The van der Waals surface area contributed by atoms with Crippen LogP contribution in [-0.4, -0.2) is 32.2 Å². The van der Waals surface area contributed by atoms with Crippen LogP contribution >= 0.6 is 0 Å². The molecule has 3 nitrogen and oxygen atoms in total. The van der Waals surface area contributed by atoms with Crippen molar-refractivity contribution in [3.63, 3.8) is 0 Å². The van der Waals surface area contributed by atoms with E-state index in [4.69, 9.17) is 9.47 Å². The predicted octanol–water partition coefficient (Wildman–Crippen LogP) is 4.75. The van der Waals surface area contributed by atoms with E-state index in [1.165, 1.54) is 22.3 Å². The van der Waals surface area contributed by atoms with Gasteiger partial charge in [0.05, 0.1) is 13.7 Å². The molecule has 0 bridgehead atoms. The number of ether oxygens (including phenoxy) is 2. The number of benzene rings is 2. The zero-order chi connectivity index (χ0) is 18.2. The molecule has 0 fully saturated rings. The summed E-state index contributed by atoms with van der Waals surface area (Å²) in [6.07, 6.45) is 2.81. The Morgan fingerprint density at radius 1 is 1.28 bits per heavy atom. The molecule has 25 heavy (non-hydrogen) atoms. The molecular weight excluding hydrogens is 310 g/mol. The fourth-order valence-corrected chi connectivity index (χ4v) is 2.85. The summed E-state index contributed by atoms with van der Waals surface area (Å²) in [4.78, 5) is 2.01. The monoisotopic (exact) mass is 339 g/mol. The Morgan fingerprint density at radius 3 is 2.56 bits per heavy atom. The lowest BCUT2D eigenvalue weighted by atomic mass is 9.91. The lowest BCUT2D eigenvalue weighted by Gasteiger charge is -2.27. The highest BCUT2D eigenvalue weighted by Crippen LogP contribution is 2.36. The average molecular weight is 339 g/mol. The molecule has 0 saturated carbocycles. The second-order valence-electron chi connectivity index (χ2n) is 6.19. The third kappa shape index (κ3) is 4.86. The van der Waals surface area contributed by atoms with Gasteiger partial charge in [-0.2, -0.15) is 0 Å². The first kappa shape index (κ1) is 19.1. The molecular formula is C22H29NO2. The van der Waals surface area contributed by atoms with E-state index >= 15 is 0 Å². The van der Waals surface area contributed by atoms with E-state index in [0.29, 0.717) is 0 Å². The van der Waals surface area contributed by atoms with Gasteiger partial charge in [0.1, 0.15) is 11.9 Å². The molecule has 0 aromatic heterocycles. The van der Waals surface area contributed by atoms with Gasteiger partial charge in [0, 0.05) is 13.6 Å². The number of hydrogen-bond acceptors (Lipinski definition) is 3. The highest BCUT2D eigenvalue weighted by molar-refractivity contribution is 5.46. The molecule has 0 spiro atoms. The Hall–Kier alpha value is -2.26. The van der Waals surface area contributed by atoms with Gasteiger partial charge in [0.2, 0.25) is 0 Å². The quantitative estimate of drug-likeness (QED) is 0.802. The van der Waals surface area contributed by atoms with Crippen LogP contribution in [0.1, 0.15) is 35.3 Å². The first-order valence-corrected chi connectivity index (χ1v) is 8.77. The standard InChI is InChI=1S/C17H18O2.C5H11N/c1-12-10-14-8-9-19-17(13-6-4-3-5-7-13)15(14)11-16(12)18-2;1-4-6(3)5-2/h3-7,10-11,17H,8-9H2,1-2H3;4H,1,5H2,2-3H3. The zero-order valence-corrected chi connectivity index (χ0v) is 15.8. The summed E-state index contributed by atoms with van der Waals surface area (Å²) >= 11 is 0. The first-order chi connectivity index (χ1) is 12.1. The molecule has 3 rings (SSSR count). The van der Waals surface area contributed by atoms with Crippen molar-refractivity contribution < 1.29 is 9.47 Å². The normalized spacial score (nSPS) is 15.4. The maximum absolute atomic E-state index is 5.97. The molecule has 134 valence electrons. The van der Waals surface area contributed by atoms with Gasteiger partial charge >= 0.3 is 0 Å². The molecule has 0 saturated heterocycles. The van der Waals surface area contributed by atoms with Crippen molar-refractivity contribution in [2.45, 2.75) is 26.4 Å². The van der Waals surface area contributed by atoms with Crippen LogP contribution in [0.3, 0.4) is 0 Å². The van der Waals surface area contributed by atoms with Gasteiger partial charge in [-0.3, -0.25) is 0 Å². The van der Waals surface area contributed by atoms with Crippen molar-refractivity contribution in [2.24, 2.45) is 0 Å². The smallest absolute Gasteiger partial charge is 0.122 e. The molecule has 1 aliphatic rings. The summed E-state index contributed by atoms with van der Waals surface area (Å²) < 4.78 is 11.4. The molecule has 1 atom stereocenters. The minimum absolute atomic E-state index is 0.0273. The second-order valence-corrected chi connectivity index (χ2v) is 6.19. The van der Waals surface area contributed by atoms with Gasteiger partial charge in [-0.1, -0.05) is 43.0 Å². The van der Waals surface area contributed by atoms with E-state index in [1.54, 1.807) is 13.3 Å². The summed E-state index contributed by atoms with van der Waals surface area (Å²) in [5.41, 5.74) is 5.00. The number of hydrogen-bond donors (Lipinski definition) is 0. The number of methoxy groups -OCH3 is 1. The Kier molecular flexibility index (Phi) is 7.08. The van der Waals surface area contributed by atoms with Crippen molar-refractivity contribution in [1.29, 1.82) is 0 Å². The van der Waals surface area contributed by atoms with Crippen molar-refractivity contribution in [1.82, 2.24) is 4.90 Å².